The third-order valence-electron chi connectivity index (χ3n) is 5.86. The van der Waals surface area contributed by atoms with E-state index in [4.69, 9.17) is 0 Å². The van der Waals surface area contributed by atoms with Crippen molar-refractivity contribution in [2.45, 2.75) is 6.92 Å². The second-order valence-electron chi connectivity index (χ2n) is 8.12. The average Bonchev–Trinajstić information content (AvgIpc) is 2.81. The molecular weight excluding hydrogens is 540 g/mol. The van der Waals surface area contributed by atoms with Crippen LogP contribution in [-0.4, -0.2) is 10.2 Å². The fraction of sp³-hybridized carbons (Fsp3) is 0.0345. The maximum absolute atomic E-state index is 10.0. The van der Waals surface area contributed by atoms with Crippen LogP contribution in [0.3, 0.4) is 0 Å². The number of phenolic OH excluding ortho intramolecular Hbond substituents is 2. The van der Waals surface area contributed by atoms with Crippen LogP contribution < -0.4 is 0 Å². The van der Waals surface area contributed by atoms with E-state index in [9.17, 15) is 10.2 Å². The molecule has 0 bridgehead atoms. The lowest BCUT2D eigenvalue weighted by Crippen LogP contribution is -1.82. The molecule has 0 aliphatic heterocycles. The Balaban J connectivity index is 0.000000139. The molecule has 0 saturated heterocycles. The summed E-state index contributed by atoms with van der Waals surface area (Å²) in [5.74, 6) is 0.654. The normalized spacial score (nSPS) is 11.1. The Bertz CT molecular complexity index is 1670. The average molecular weight is 560 g/mol. The lowest BCUT2D eigenvalue weighted by atomic mass is 10.0. The molecule has 6 aromatic carbocycles. The second kappa shape index (κ2) is 8.69. The number of rotatable bonds is 0. The van der Waals surface area contributed by atoms with E-state index < -0.39 is 0 Å². The Morgan fingerprint density at radius 1 is 0.515 bits per heavy atom. The van der Waals surface area contributed by atoms with Crippen molar-refractivity contribution in [3.8, 4) is 11.5 Å². The first-order valence-corrected chi connectivity index (χ1v) is 12.1. The van der Waals surface area contributed by atoms with Crippen LogP contribution >= 0.6 is 31.9 Å². The minimum absolute atomic E-state index is 0.315. The van der Waals surface area contributed by atoms with Crippen LogP contribution in [0.15, 0.2) is 99.9 Å². The van der Waals surface area contributed by atoms with Crippen molar-refractivity contribution in [3.05, 3.63) is 106 Å². The minimum Gasteiger partial charge on any atom is -0.507 e. The topological polar surface area (TPSA) is 40.5 Å². The second-order valence-corrected chi connectivity index (χ2v) is 9.83. The van der Waals surface area contributed by atoms with E-state index in [0.717, 1.165) is 46.8 Å². The first kappa shape index (κ1) is 21.7. The SMILES string of the molecule is Cc1cc(O)c2cc3ccccc3cc2c1Br.Oc1cc(Br)cc2cc3ccccc3cc12. The number of benzene rings is 6. The number of hydrogen-bond acceptors (Lipinski definition) is 2. The van der Waals surface area contributed by atoms with Gasteiger partial charge in [-0.15, -0.1) is 0 Å². The molecule has 0 spiro atoms. The zero-order valence-corrected chi connectivity index (χ0v) is 21.0. The first-order valence-electron chi connectivity index (χ1n) is 10.5. The maximum Gasteiger partial charge on any atom is 0.124 e. The molecule has 33 heavy (non-hydrogen) atoms. The standard InChI is InChI=1S/C15H11BrO.C14H9BrO/c1-9-6-14(17)12-7-10-4-2-3-5-11(10)8-13(12)15(9)16;15-12-6-11-5-9-3-1-2-4-10(9)7-13(11)14(16)8-12/h2-8,17H,1H3;1-8,16H. The van der Waals surface area contributed by atoms with Crippen molar-refractivity contribution >= 4 is 74.9 Å². The van der Waals surface area contributed by atoms with Crippen molar-refractivity contribution in [1.29, 1.82) is 0 Å². The van der Waals surface area contributed by atoms with E-state index in [2.05, 4.69) is 68.3 Å². The van der Waals surface area contributed by atoms with Crippen LogP contribution in [0, 0.1) is 6.92 Å². The van der Waals surface area contributed by atoms with Gasteiger partial charge in [-0.1, -0.05) is 64.5 Å². The van der Waals surface area contributed by atoms with E-state index in [1.54, 1.807) is 12.1 Å². The summed E-state index contributed by atoms with van der Waals surface area (Å²) in [7, 11) is 0. The molecule has 0 heterocycles. The molecular formula is C29H20Br2O2. The van der Waals surface area contributed by atoms with Crippen LogP contribution in [0.2, 0.25) is 0 Å². The monoisotopic (exact) mass is 558 g/mol. The van der Waals surface area contributed by atoms with Crippen LogP contribution in [-0.2, 0) is 0 Å². The Hall–Kier alpha value is -3.08. The van der Waals surface area contributed by atoms with Gasteiger partial charge in [0, 0.05) is 25.1 Å². The van der Waals surface area contributed by atoms with Gasteiger partial charge in [0.15, 0.2) is 0 Å². The summed E-state index contributed by atoms with van der Waals surface area (Å²) in [5, 5.41) is 28.4. The van der Waals surface area contributed by atoms with Gasteiger partial charge in [-0.05, 0) is 97.8 Å². The van der Waals surface area contributed by atoms with Crippen LogP contribution in [0.5, 0.6) is 11.5 Å². The molecule has 0 unspecified atom stereocenters. The van der Waals surface area contributed by atoms with Crippen molar-refractivity contribution in [1.82, 2.24) is 0 Å². The Morgan fingerprint density at radius 3 is 1.61 bits per heavy atom. The Morgan fingerprint density at radius 2 is 1.00 bits per heavy atom. The lowest BCUT2D eigenvalue weighted by Gasteiger charge is -2.08. The Kier molecular flexibility index (Phi) is 5.73. The summed E-state index contributed by atoms with van der Waals surface area (Å²) in [5.41, 5.74) is 1.05. The molecule has 0 aliphatic carbocycles. The fourth-order valence-corrected chi connectivity index (χ4v) is 5.10. The largest absolute Gasteiger partial charge is 0.507 e. The van der Waals surface area contributed by atoms with E-state index >= 15 is 0 Å². The number of fused-ring (bicyclic) bond motifs is 4. The van der Waals surface area contributed by atoms with Gasteiger partial charge in [-0.25, -0.2) is 0 Å². The molecule has 0 radical (unpaired) electrons. The number of aromatic hydroxyl groups is 2. The summed E-state index contributed by atoms with van der Waals surface area (Å²) in [6.07, 6.45) is 0. The molecule has 4 heteroatoms. The molecule has 6 aromatic rings. The zero-order valence-electron chi connectivity index (χ0n) is 17.8. The predicted molar refractivity (Wildman–Crippen MR) is 146 cm³/mol. The molecule has 0 fully saturated rings. The van der Waals surface area contributed by atoms with Gasteiger partial charge in [0.1, 0.15) is 11.5 Å². The molecule has 0 aliphatic rings. The molecule has 2 N–H and O–H groups in total. The van der Waals surface area contributed by atoms with Crippen LogP contribution in [0.25, 0.3) is 43.1 Å². The van der Waals surface area contributed by atoms with Crippen molar-refractivity contribution in [2.24, 2.45) is 0 Å². The van der Waals surface area contributed by atoms with Gasteiger partial charge < -0.3 is 10.2 Å². The van der Waals surface area contributed by atoms with Gasteiger partial charge in [0.05, 0.1) is 0 Å². The molecule has 162 valence electrons. The quantitative estimate of drug-likeness (QED) is 0.182. The molecule has 0 atom stereocenters. The van der Waals surface area contributed by atoms with Crippen LogP contribution in [0.1, 0.15) is 5.56 Å². The van der Waals surface area contributed by atoms with E-state index in [0.29, 0.717) is 11.5 Å². The third kappa shape index (κ3) is 4.17. The fourth-order valence-electron chi connectivity index (χ4n) is 4.19. The maximum atomic E-state index is 10.0. The molecule has 2 nitrogen and oxygen atoms in total. The Labute approximate surface area is 208 Å². The highest BCUT2D eigenvalue weighted by atomic mass is 79.9. The van der Waals surface area contributed by atoms with Crippen molar-refractivity contribution in [3.63, 3.8) is 0 Å². The first-order chi connectivity index (χ1) is 15.9. The number of phenols is 2. The lowest BCUT2D eigenvalue weighted by molar-refractivity contribution is 0.480. The van der Waals surface area contributed by atoms with Gasteiger partial charge in [-0.2, -0.15) is 0 Å². The summed E-state index contributed by atoms with van der Waals surface area (Å²) in [4.78, 5) is 0. The predicted octanol–water partition coefficient (Wildman–Crippen LogP) is 9.23. The number of aryl methyl sites for hydroxylation is 1. The summed E-state index contributed by atoms with van der Waals surface area (Å²) in [6, 6.07) is 30.1. The third-order valence-corrected chi connectivity index (χ3v) is 7.37. The van der Waals surface area contributed by atoms with E-state index in [1.165, 1.54) is 10.8 Å². The molecule has 0 aromatic heterocycles. The zero-order chi connectivity index (χ0) is 23.1. The summed E-state index contributed by atoms with van der Waals surface area (Å²) < 4.78 is 1.95. The van der Waals surface area contributed by atoms with Gasteiger partial charge in [0.2, 0.25) is 0 Å². The molecule has 0 amide bonds. The molecule has 6 rings (SSSR count). The number of hydrogen-bond donors (Lipinski definition) is 2. The van der Waals surface area contributed by atoms with E-state index in [-0.39, 0.29) is 0 Å². The smallest absolute Gasteiger partial charge is 0.124 e. The van der Waals surface area contributed by atoms with Crippen molar-refractivity contribution < 1.29 is 10.2 Å². The minimum atomic E-state index is 0.315. The van der Waals surface area contributed by atoms with Crippen LogP contribution in [0.4, 0.5) is 0 Å². The highest BCUT2D eigenvalue weighted by Gasteiger charge is 2.08. The highest BCUT2D eigenvalue weighted by Crippen LogP contribution is 2.36. The summed E-state index contributed by atoms with van der Waals surface area (Å²) in [6.45, 7) is 1.98. The highest BCUT2D eigenvalue weighted by molar-refractivity contribution is 9.11. The van der Waals surface area contributed by atoms with Gasteiger partial charge in [0.25, 0.3) is 0 Å². The van der Waals surface area contributed by atoms with Gasteiger partial charge >= 0.3 is 0 Å². The van der Waals surface area contributed by atoms with E-state index in [1.807, 2.05) is 49.4 Å². The number of halogens is 2. The molecule has 0 saturated carbocycles. The van der Waals surface area contributed by atoms with Gasteiger partial charge in [-0.3, -0.25) is 0 Å². The van der Waals surface area contributed by atoms with Crippen molar-refractivity contribution in [2.75, 3.05) is 0 Å². The summed E-state index contributed by atoms with van der Waals surface area (Å²) >= 11 is 6.98.